The number of rotatable bonds is 8. The number of nitrogens with zero attached hydrogens (tertiary/aromatic N) is 2. The molecule has 0 aliphatic rings. The molecule has 1 heterocycles. The largest absolute Gasteiger partial charge is 0.334 e. The first-order valence-electron chi connectivity index (χ1n) is 6.93. The zero-order chi connectivity index (χ0) is 15.3. The number of halogens is 1. The van der Waals surface area contributed by atoms with Crippen LogP contribution in [-0.4, -0.2) is 29.3 Å². The highest BCUT2D eigenvalue weighted by Crippen LogP contribution is 2.14. The topological polar surface area (TPSA) is 64.0 Å². The summed E-state index contributed by atoms with van der Waals surface area (Å²) < 4.78 is 28.9. The fourth-order valence-electron chi connectivity index (χ4n) is 1.94. The zero-order valence-corrected chi connectivity index (χ0v) is 15.0. The number of aryl methyl sites for hydroxylation is 2. The quantitative estimate of drug-likeness (QED) is 0.720. The van der Waals surface area contributed by atoms with E-state index in [-0.39, 0.29) is 9.85 Å². The van der Waals surface area contributed by atoms with Crippen LogP contribution in [0.5, 0.6) is 0 Å². The third-order valence-electron chi connectivity index (χ3n) is 2.92. The number of nitrogens with one attached hydrogen (secondary N) is 1. The van der Waals surface area contributed by atoms with Crippen LogP contribution in [0, 0.1) is 12.8 Å². The van der Waals surface area contributed by atoms with Gasteiger partial charge in [-0.25, -0.2) is 18.1 Å². The Kier molecular flexibility index (Phi) is 6.68. The summed E-state index contributed by atoms with van der Waals surface area (Å²) in [5, 5.41) is 0.104. The molecule has 0 aliphatic carbocycles. The molecule has 7 heteroatoms. The van der Waals surface area contributed by atoms with E-state index in [4.69, 9.17) is 0 Å². The lowest BCUT2D eigenvalue weighted by Gasteiger charge is -2.12. The van der Waals surface area contributed by atoms with Crippen LogP contribution in [0.1, 0.15) is 39.4 Å². The average molecular weight is 366 g/mol. The molecule has 1 unspecified atom stereocenters. The Labute approximate surface area is 130 Å². The first kappa shape index (κ1) is 17.7. The van der Waals surface area contributed by atoms with Gasteiger partial charge in [-0.1, -0.05) is 36.7 Å². The maximum atomic E-state index is 12.2. The Morgan fingerprint density at radius 1 is 1.45 bits per heavy atom. The maximum absolute atomic E-state index is 12.2. The number of aromatic nitrogens is 2. The van der Waals surface area contributed by atoms with Crippen molar-refractivity contribution in [1.29, 1.82) is 0 Å². The molecule has 5 nitrogen and oxygen atoms in total. The molecule has 1 rings (SSSR count). The van der Waals surface area contributed by atoms with Crippen LogP contribution in [0.15, 0.2) is 11.2 Å². The summed E-state index contributed by atoms with van der Waals surface area (Å²) in [6, 6.07) is 0. The molecule has 1 atom stereocenters. The van der Waals surface area contributed by atoms with E-state index in [1.54, 1.807) is 6.20 Å². The summed E-state index contributed by atoms with van der Waals surface area (Å²) in [5.74, 6) is 1.25. The van der Waals surface area contributed by atoms with Crippen LogP contribution in [0.4, 0.5) is 0 Å². The van der Waals surface area contributed by atoms with Crippen LogP contribution in [-0.2, 0) is 16.6 Å². The van der Waals surface area contributed by atoms with Crippen LogP contribution in [0.2, 0.25) is 0 Å². The minimum atomic E-state index is -3.52. The molecule has 0 aliphatic heterocycles. The van der Waals surface area contributed by atoms with E-state index in [1.165, 1.54) is 0 Å². The van der Waals surface area contributed by atoms with Gasteiger partial charge in [-0.05, 0) is 25.7 Å². The Balaban J connectivity index is 2.71. The van der Waals surface area contributed by atoms with Crippen molar-refractivity contribution in [3.63, 3.8) is 0 Å². The molecule has 0 saturated carbocycles. The molecular weight excluding hydrogens is 342 g/mol. The second kappa shape index (κ2) is 7.56. The Morgan fingerprint density at radius 2 is 2.10 bits per heavy atom. The van der Waals surface area contributed by atoms with E-state index in [0.717, 1.165) is 25.2 Å². The summed E-state index contributed by atoms with van der Waals surface area (Å²) in [4.78, 5) is 4.27. The molecule has 1 aromatic rings. The molecule has 0 amide bonds. The highest BCUT2D eigenvalue weighted by Gasteiger charge is 2.20. The van der Waals surface area contributed by atoms with Crippen molar-refractivity contribution in [2.24, 2.45) is 5.92 Å². The number of alkyl halides is 1. The number of hydrogen-bond donors (Lipinski definition) is 1. The van der Waals surface area contributed by atoms with Gasteiger partial charge >= 0.3 is 0 Å². The van der Waals surface area contributed by atoms with Crippen molar-refractivity contribution < 1.29 is 8.42 Å². The predicted molar refractivity (Wildman–Crippen MR) is 84.6 cm³/mol. The third kappa shape index (κ3) is 5.18. The van der Waals surface area contributed by atoms with Crippen molar-refractivity contribution in [3.8, 4) is 0 Å². The Morgan fingerprint density at radius 3 is 2.65 bits per heavy atom. The minimum Gasteiger partial charge on any atom is -0.334 e. The highest BCUT2D eigenvalue weighted by molar-refractivity contribution is 9.09. The lowest BCUT2D eigenvalue weighted by molar-refractivity contribution is 0.549. The second-order valence-corrected chi connectivity index (χ2v) is 8.41. The van der Waals surface area contributed by atoms with E-state index in [2.05, 4.69) is 39.5 Å². The standard InChI is InChI=1S/C13H24BrN3O2S/c1-5-6-17-9-13(16-11(17)4)20(18,19)15-8-12(14)7-10(2)3/h9-10,12,15H,5-8H2,1-4H3. The first-order chi connectivity index (χ1) is 9.26. The SMILES string of the molecule is CCCn1cc(S(=O)(=O)NCC(Br)CC(C)C)nc1C. The molecule has 116 valence electrons. The Bertz CT molecular complexity index is 526. The number of hydrogen-bond acceptors (Lipinski definition) is 3. The van der Waals surface area contributed by atoms with E-state index < -0.39 is 10.0 Å². The zero-order valence-electron chi connectivity index (χ0n) is 12.6. The Hall–Kier alpha value is -0.400. The minimum absolute atomic E-state index is 0.104. The number of imidazole rings is 1. The molecule has 20 heavy (non-hydrogen) atoms. The fraction of sp³-hybridized carbons (Fsp3) is 0.769. The molecule has 1 aromatic heterocycles. The van der Waals surface area contributed by atoms with Gasteiger partial charge in [-0.2, -0.15) is 0 Å². The van der Waals surface area contributed by atoms with Crippen LogP contribution in [0.25, 0.3) is 0 Å². The van der Waals surface area contributed by atoms with Gasteiger partial charge in [0.25, 0.3) is 10.0 Å². The fourth-order valence-corrected chi connectivity index (χ4v) is 4.16. The molecule has 0 saturated heterocycles. The monoisotopic (exact) mass is 365 g/mol. The molecule has 0 fully saturated rings. The van der Waals surface area contributed by atoms with Crippen molar-refractivity contribution >= 4 is 26.0 Å². The van der Waals surface area contributed by atoms with Gasteiger partial charge < -0.3 is 4.57 Å². The van der Waals surface area contributed by atoms with Crippen molar-refractivity contribution in [3.05, 3.63) is 12.0 Å². The summed E-state index contributed by atoms with van der Waals surface area (Å²) in [6.45, 7) is 9.24. The average Bonchev–Trinajstić information content (AvgIpc) is 2.69. The van der Waals surface area contributed by atoms with Gasteiger partial charge in [-0.3, -0.25) is 0 Å². The molecule has 0 aromatic carbocycles. The van der Waals surface area contributed by atoms with Gasteiger partial charge in [0.05, 0.1) is 0 Å². The summed E-state index contributed by atoms with van der Waals surface area (Å²) in [5.41, 5.74) is 0. The summed E-state index contributed by atoms with van der Waals surface area (Å²) in [7, 11) is -3.52. The van der Waals surface area contributed by atoms with Gasteiger partial charge in [0.2, 0.25) is 0 Å². The van der Waals surface area contributed by atoms with E-state index in [0.29, 0.717) is 12.5 Å². The lowest BCUT2D eigenvalue weighted by atomic mass is 10.1. The van der Waals surface area contributed by atoms with Gasteiger partial charge in [-0.15, -0.1) is 0 Å². The molecule has 0 radical (unpaired) electrons. The second-order valence-electron chi connectivity index (χ2n) is 5.40. The van der Waals surface area contributed by atoms with E-state index >= 15 is 0 Å². The third-order valence-corrected chi connectivity index (χ3v) is 4.91. The van der Waals surface area contributed by atoms with Crippen LogP contribution >= 0.6 is 15.9 Å². The molecule has 1 N–H and O–H groups in total. The summed E-state index contributed by atoms with van der Waals surface area (Å²) >= 11 is 3.50. The van der Waals surface area contributed by atoms with Crippen molar-refractivity contribution in [2.45, 2.75) is 56.9 Å². The van der Waals surface area contributed by atoms with Crippen molar-refractivity contribution in [1.82, 2.24) is 14.3 Å². The van der Waals surface area contributed by atoms with Crippen molar-refractivity contribution in [2.75, 3.05) is 6.54 Å². The molecule has 0 spiro atoms. The van der Waals surface area contributed by atoms with Gasteiger partial charge in [0.1, 0.15) is 5.82 Å². The highest BCUT2D eigenvalue weighted by atomic mass is 79.9. The maximum Gasteiger partial charge on any atom is 0.259 e. The molecular formula is C13H24BrN3O2S. The van der Waals surface area contributed by atoms with Crippen LogP contribution < -0.4 is 4.72 Å². The molecule has 0 bridgehead atoms. The predicted octanol–water partition coefficient (Wildman–Crippen LogP) is 2.69. The normalized spacial score (nSPS) is 13.9. The lowest BCUT2D eigenvalue weighted by Crippen LogP contribution is -2.30. The smallest absolute Gasteiger partial charge is 0.259 e. The van der Waals surface area contributed by atoms with E-state index in [1.807, 2.05) is 18.4 Å². The summed E-state index contributed by atoms with van der Waals surface area (Å²) in [6.07, 6.45) is 3.47. The van der Waals surface area contributed by atoms with Gasteiger partial charge in [0.15, 0.2) is 5.03 Å². The first-order valence-corrected chi connectivity index (χ1v) is 9.33. The van der Waals surface area contributed by atoms with Crippen LogP contribution in [0.3, 0.4) is 0 Å². The van der Waals surface area contributed by atoms with Gasteiger partial charge in [0, 0.05) is 24.1 Å². The van der Waals surface area contributed by atoms with E-state index in [9.17, 15) is 8.42 Å². The number of sulfonamides is 1.